The second-order valence-corrected chi connectivity index (χ2v) is 8.13. The first-order chi connectivity index (χ1) is 14.5. The van der Waals surface area contributed by atoms with E-state index in [4.69, 9.17) is 4.74 Å². The molecule has 0 aliphatic rings. The number of nitrogens with zero attached hydrogens (tertiary/aromatic N) is 1. The first-order valence-corrected chi connectivity index (χ1v) is 11.7. The molecule has 1 rings (SSSR count). The van der Waals surface area contributed by atoms with Gasteiger partial charge in [-0.05, 0) is 30.7 Å². The number of unbranched alkanes of at least 4 members (excludes halogenated alkanes) is 12. The SMILES string of the molecule is CCCCCCCCCCCCCCCOC(=O)CN(C)C(=O)c1ccc(F)cc1. The number of benzene rings is 1. The molecule has 4 nitrogen and oxygen atoms in total. The Balaban J connectivity index is 1.95. The van der Waals surface area contributed by atoms with Gasteiger partial charge >= 0.3 is 5.97 Å². The van der Waals surface area contributed by atoms with Crippen molar-refractivity contribution in [2.24, 2.45) is 0 Å². The molecule has 1 amide bonds. The summed E-state index contributed by atoms with van der Waals surface area (Å²) in [5.74, 6) is -1.13. The van der Waals surface area contributed by atoms with Gasteiger partial charge in [0.1, 0.15) is 12.4 Å². The minimum Gasteiger partial charge on any atom is -0.464 e. The van der Waals surface area contributed by atoms with Crippen molar-refractivity contribution in [1.29, 1.82) is 0 Å². The first kappa shape index (κ1) is 26.1. The highest BCUT2D eigenvalue weighted by atomic mass is 19.1. The summed E-state index contributed by atoms with van der Waals surface area (Å²) in [6.45, 7) is 2.55. The highest BCUT2D eigenvalue weighted by Gasteiger charge is 2.15. The van der Waals surface area contributed by atoms with Crippen LogP contribution >= 0.6 is 0 Å². The largest absolute Gasteiger partial charge is 0.464 e. The van der Waals surface area contributed by atoms with Crippen LogP contribution in [0.2, 0.25) is 0 Å². The molecule has 1 aromatic carbocycles. The van der Waals surface area contributed by atoms with E-state index in [1.807, 2.05) is 0 Å². The van der Waals surface area contributed by atoms with Crippen molar-refractivity contribution in [2.45, 2.75) is 90.4 Å². The van der Waals surface area contributed by atoms with Crippen LogP contribution in [0.5, 0.6) is 0 Å². The lowest BCUT2D eigenvalue weighted by Crippen LogP contribution is -2.33. The van der Waals surface area contributed by atoms with Gasteiger partial charge in [-0.3, -0.25) is 9.59 Å². The van der Waals surface area contributed by atoms with Gasteiger partial charge < -0.3 is 9.64 Å². The number of halogens is 1. The third kappa shape index (κ3) is 12.6. The molecule has 0 atom stereocenters. The zero-order chi connectivity index (χ0) is 22.0. The van der Waals surface area contributed by atoms with Crippen LogP contribution in [0.15, 0.2) is 24.3 Å². The zero-order valence-corrected chi connectivity index (χ0v) is 19.0. The third-order valence-corrected chi connectivity index (χ3v) is 5.32. The number of carbonyl (C=O) groups is 2. The number of esters is 1. The van der Waals surface area contributed by atoms with Crippen molar-refractivity contribution in [3.8, 4) is 0 Å². The molecule has 170 valence electrons. The summed E-state index contributed by atoms with van der Waals surface area (Å²) in [6.07, 6.45) is 16.6. The van der Waals surface area contributed by atoms with E-state index in [1.54, 1.807) is 0 Å². The van der Waals surface area contributed by atoms with Gasteiger partial charge in [-0.2, -0.15) is 0 Å². The molecular formula is C25H40FNO3. The van der Waals surface area contributed by atoms with Crippen LogP contribution in [0.4, 0.5) is 4.39 Å². The fourth-order valence-electron chi connectivity index (χ4n) is 3.43. The molecule has 0 aliphatic heterocycles. The molecule has 0 radical (unpaired) electrons. The van der Waals surface area contributed by atoms with Gasteiger partial charge in [-0.25, -0.2) is 4.39 Å². The average molecular weight is 422 g/mol. The molecule has 0 aromatic heterocycles. The number of amides is 1. The molecule has 0 bridgehead atoms. The van der Waals surface area contributed by atoms with Crippen LogP contribution < -0.4 is 0 Å². The Kier molecular flexibility index (Phi) is 14.7. The maximum Gasteiger partial charge on any atom is 0.325 e. The van der Waals surface area contributed by atoms with Crippen LogP contribution in [0.3, 0.4) is 0 Å². The predicted octanol–water partition coefficient (Wildman–Crippen LogP) is 6.53. The summed E-state index contributed by atoms with van der Waals surface area (Å²) in [7, 11) is 1.54. The maximum atomic E-state index is 12.9. The van der Waals surface area contributed by atoms with Gasteiger partial charge in [-0.1, -0.05) is 84.0 Å². The van der Waals surface area contributed by atoms with E-state index in [-0.39, 0.29) is 12.5 Å². The summed E-state index contributed by atoms with van der Waals surface area (Å²) in [6, 6.07) is 5.28. The van der Waals surface area contributed by atoms with Gasteiger partial charge in [0.2, 0.25) is 0 Å². The molecule has 0 heterocycles. The van der Waals surface area contributed by atoms with Gasteiger partial charge in [0.05, 0.1) is 6.61 Å². The van der Waals surface area contributed by atoms with Crippen molar-refractivity contribution in [2.75, 3.05) is 20.2 Å². The Morgan fingerprint density at radius 1 is 0.800 bits per heavy atom. The average Bonchev–Trinajstić information content (AvgIpc) is 2.74. The summed E-state index contributed by atoms with van der Waals surface area (Å²) in [5, 5.41) is 0. The Bertz CT molecular complexity index is 589. The lowest BCUT2D eigenvalue weighted by molar-refractivity contribution is -0.144. The van der Waals surface area contributed by atoms with Crippen molar-refractivity contribution in [3.05, 3.63) is 35.6 Å². The molecule has 5 heteroatoms. The van der Waals surface area contributed by atoms with E-state index in [0.29, 0.717) is 12.2 Å². The summed E-state index contributed by atoms with van der Waals surface area (Å²) < 4.78 is 18.2. The quantitative estimate of drug-likeness (QED) is 0.212. The standard InChI is InChI=1S/C25H40FNO3/c1-3-4-5-6-7-8-9-10-11-12-13-14-15-20-30-24(28)21-27(2)25(29)22-16-18-23(26)19-17-22/h16-19H,3-15,20-21H2,1-2H3. The van der Waals surface area contributed by atoms with Crippen LogP contribution in [-0.2, 0) is 9.53 Å². The second kappa shape index (κ2) is 16.8. The molecule has 0 aliphatic carbocycles. The lowest BCUT2D eigenvalue weighted by atomic mass is 10.0. The Morgan fingerprint density at radius 3 is 1.77 bits per heavy atom. The van der Waals surface area contributed by atoms with Crippen molar-refractivity contribution < 1.29 is 18.7 Å². The molecule has 0 fully saturated rings. The van der Waals surface area contributed by atoms with Crippen LogP contribution in [-0.4, -0.2) is 37.0 Å². The highest BCUT2D eigenvalue weighted by Crippen LogP contribution is 2.12. The second-order valence-electron chi connectivity index (χ2n) is 8.13. The molecule has 0 N–H and O–H groups in total. The summed E-state index contributed by atoms with van der Waals surface area (Å²) in [4.78, 5) is 25.4. The van der Waals surface area contributed by atoms with Crippen molar-refractivity contribution in [3.63, 3.8) is 0 Å². The van der Waals surface area contributed by atoms with Crippen molar-refractivity contribution in [1.82, 2.24) is 4.90 Å². The van der Waals surface area contributed by atoms with E-state index in [1.165, 1.54) is 107 Å². The summed E-state index contributed by atoms with van der Waals surface area (Å²) >= 11 is 0. The fourth-order valence-corrected chi connectivity index (χ4v) is 3.43. The zero-order valence-electron chi connectivity index (χ0n) is 19.0. The number of hydrogen-bond donors (Lipinski definition) is 0. The first-order valence-electron chi connectivity index (χ1n) is 11.7. The minimum atomic E-state index is -0.410. The molecule has 0 saturated heterocycles. The van der Waals surface area contributed by atoms with Gasteiger partial charge in [0, 0.05) is 12.6 Å². The highest BCUT2D eigenvalue weighted by molar-refractivity contribution is 5.95. The molecule has 0 unspecified atom stereocenters. The van der Waals surface area contributed by atoms with Crippen LogP contribution in [0.25, 0.3) is 0 Å². The Morgan fingerprint density at radius 2 is 1.27 bits per heavy atom. The molecule has 30 heavy (non-hydrogen) atoms. The third-order valence-electron chi connectivity index (χ3n) is 5.32. The molecule has 0 saturated carbocycles. The fraction of sp³-hybridized carbons (Fsp3) is 0.680. The number of rotatable bonds is 17. The Hall–Kier alpha value is -1.91. The number of carbonyl (C=O) groups excluding carboxylic acids is 2. The summed E-state index contributed by atoms with van der Waals surface area (Å²) in [5.41, 5.74) is 0.350. The smallest absolute Gasteiger partial charge is 0.325 e. The number of ether oxygens (including phenoxy) is 1. The van der Waals surface area contributed by atoms with E-state index >= 15 is 0 Å². The van der Waals surface area contributed by atoms with E-state index in [2.05, 4.69) is 6.92 Å². The van der Waals surface area contributed by atoms with E-state index < -0.39 is 11.8 Å². The number of hydrogen-bond acceptors (Lipinski definition) is 3. The van der Waals surface area contributed by atoms with Gasteiger partial charge in [0.25, 0.3) is 5.91 Å². The lowest BCUT2D eigenvalue weighted by Gasteiger charge is -2.16. The maximum absolute atomic E-state index is 12.9. The van der Waals surface area contributed by atoms with E-state index in [9.17, 15) is 14.0 Å². The monoisotopic (exact) mass is 421 g/mol. The van der Waals surface area contributed by atoms with Crippen LogP contribution in [0, 0.1) is 5.82 Å². The van der Waals surface area contributed by atoms with E-state index in [0.717, 1.165) is 12.8 Å². The minimum absolute atomic E-state index is 0.103. The van der Waals surface area contributed by atoms with Gasteiger partial charge in [0.15, 0.2) is 0 Å². The van der Waals surface area contributed by atoms with Crippen LogP contribution in [0.1, 0.15) is 101 Å². The molecular weight excluding hydrogens is 381 g/mol. The van der Waals surface area contributed by atoms with Crippen molar-refractivity contribution >= 4 is 11.9 Å². The predicted molar refractivity (Wildman–Crippen MR) is 120 cm³/mol. The Labute approximate surface area is 182 Å². The molecule has 0 spiro atoms. The molecule has 1 aromatic rings. The normalized spacial score (nSPS) is 10.8. The van der Waals surface area contributed by atoms with Gasteiger partial charge in [-0.15, -0.1) is 0 Å². The number of likely N-dealkylation sites (N-methyl/N-ethyl adjacent to an activating group) is 1. The topological polar surface area (TPSA) is 46.6 Å².